The highest BCUT2D eigenvalue weighted by atomic mass is 16.2. The summed E-state index contributed by atoms with van der Waals surface area (Å²) in [6, 6.07) is 13.7. The van der Waals surface area contributed by atoms with Crippen LogP contribution in [0.4, 0.5) is 0 Å². The maximum absolute atomic E-state index is 13.6. The number of benzene rings is 1. The average molecular weight is 491 g/mol. The molecule has 8 nitrogen and oxygen atoms in total. The first kappa shape index (κ1) is 25.7. The van der Waals surface area contributed by atoms with E-state index in [0.29, 0.717) is 38.0 Å². The van der Waals surface area contributed by atoms with E-state index >= 15 is 0 Å². The number of nitrogens with zero attached hydrogens (tertiary/aromatic N) is 5. The molecule has 1 aliphatic rings. The smallest absolute Gasteiger partial charge is 0.259 e. The van der Waals surface area contributed by atoms with Gasteiger partial charge in [-0.15, -0.1) is 0 Å². The van der Waals surface area contributed by atoms with Crippen molar-refractivity contribution in [2.75, 3.05) is 39.3 Å². The molecule has 4 rings (SSSR count). The average Bonchev–Trinajstić information content (AvgIpc) is 3.61. The van der Waals surface area contributed by atoms with Crippen molar-refractivity contribution in [1.29, 1.82) is 0 Å². The van der Waals surface area contributed by atoms with Gasteiger partial charge >= 0.3 is 0 Å². The first-order valence-corrected chi connectivity index (χ1v) is 13.2. The Hall–Kier alpha value is -3.39. The molecule has 2 aromatic heterocycles. The van der Waals surface area contributed by atoms with Crippen molar-refractivity contribution in [2.24, 2.45) is 5.92 Å². The van der Waals surface area contributed by atoms with Gasteiger partial charge in [-0.1, -0.05) is 38.5 Å². The Morgan fingerprint density at radius 3 is 2.42 bits per heavy atom. The number of unbranched alkanes of at least 4 members (excludes halogenated alkanes) is 1. The molecule has 8 heteroatoms. The van der Waals surface area contributed by atoms with Crippen molar-refractivity contribution in [3.8, 4) is 11.5 Å². The lowest BCUT2D eigenvalue weighted by molar-refractivity contribution is -0.126. The zero-order valence-corrected chi connectivity index (χ0v) is 21.5. The van der Waals surface area contributed by atoms with Crippen molar-refractivity contribution in [2.45, 2.75) is 39.5 Å². The number of nitrogens with one attached hydrogen (secondary N) is 1. The molecule has 1 fully saturated rings. The first-order valence-electron chi connectivity index (χ1n) is 13.2. The molecule has 1 saturated heterocycles. The fraction of sp³-hybridized carbons (Fsp3) is 0.464. The minimum absolute atomic E-state index is 0.0456. The number of hydrogen-bond acceptors (Lipinski definition) is 4. The highest BCUT2D eigenvalue weighted by molar-refractivity contribution is 5.97. The van der Waals surface area contributed by atoms with Gasteiger partial charge in [0.05, 0.1) is 11.9 Å². The molecular formula is C28H38N6O2. The fourth-order valence-corrected chi connectivity index (χ4v) is 4.78. The summed E-state index contributed by atoms with van der Waals surface area (Å²) in [6.45, 7) is 9.13. The summed E-state index contributed by atoms with van der Waals surface area (Å²) in [5.74, 6) is 0.739. The van der Waals surface area contributed by atoms with E-state index in [1.807, 2.05) is 64.3 Å². The van der Waals surface area contributed by atoms with Gasteiger partial charge in [-0.3, -0.25) is 9.59 Å². The van der Waals surface area contributed by atoms with Crippen molar-refractivity contribution in [1.82, 2.24) is 29.5 Å². The Bertz CT molecular complexity index is 1100. The van der Waals surface area contributed by atoms with Gasteiger partial charge in [-0.05, 0) is 56.6 Å². The van der Waals surface area contributed by atoms with Crippen LogP contribution in [0.3, 0.4) is 0 Å². The summed E-state index contributed by atoms with van der Waals surface area (Å²) in [4.78, 5) is 30.5. The third-order valence-electron chi connectivity index (χ3n) is 6.98. The van der Waals surface area contributed by atoms with Crippen LogP contribution in [0.15, 0.2) is 61.1 Å². The molecule has 1 N–H and O–H groups in total. The van der Waals surface area contributed by atoms with Crippen LogP contribution in [0.5, 0.6) is 0 Å². The third kappa shape index (κ3) is 6.05. The summed E-state index contributed by atoms with van der Waals surface area (Å²) in [5.41, 5.74) is 1.46. The first-order chi connectivity index (χ1) is 17.6. The highest BCUT2D eigenvalue weighted by Gasteiger charge is 2.30. The van der Waals surface area contributed by atoms with E-state index in [1.165, 1.54) is 12.8 Å². The minimum Gasteiger partial charge on any atom is -0.355 e. The maximum atomic E-state index is 13.6. The van der Waals surface area contributed by atoms with Gasteiger partial charge in [-0.25, -0.2) is 4.68 Å². The van der Waals surface area contributed by atoms with Crippen LogP contribution in [0.25, 0.3) is 11.5 Å². The van der Waals surface area contributed by atoms with E-state index in [0.717, 1.165) is 31.1 Å². The number of likely N-dealkylation sites (tertiary alicyclic amines) is 1. The van der Waals surface area contributed by atoms with Crippen molar-refractivity contribution >= 4 is 11.8 Å². The van der Waals surface area contributed by atoms with Gasteiger partial charge in [0, 0.05) is 44.5 Å². The number of para-hydroxylation sites is 1. The van der Waals surface area contributed by atoms with Crippen molar-refractivity contribution in [3.63, 3.8) is 0 Å². The van der Waals surface area contributed by atoms with Gasteiger partial charge in [0.25, 0.3) is 5.91 Å². The number of piperidine rings is 1. The number of carbonyl (C=O) groups excluding carboxylic acids is 2. The zero-order chi connectivity index (χ0) is 25.3. The molecule has 2 amide bonds. The van der Waals surface area contributed by atoms with E-state index < -0.39 is 0 Å². The summed E-state index contributed by atoms with van der Waals surface area (Å²) in [7, 11) is 0. The molecule has 3 heterocycles. The van der Waals surface area contributed by atoms with Gasteiger partial charge in [0.2, 0.25) is 5.91 Å². The number of carbonyl (C=O) groups is 2. The van der Waals surface area contributed by atoms with Gasteiger partial charge in [-0.2, -0.15) is 5.10 Å². The van der Waals surface area contributed by atoms with Crippen LogP contribution in [0.2, 0.25) is 0 Å². The summed E-state index contributed by atoms with van der Waals surface area (Å²) in [5, 5.41) is 7.67. The second-order valence-electron chi connectivity index (χ2n) is 9.36. The van der Waals surface area contributed by atoms with E-state index in [-0.39, 0.29) is 17.7 Å². The Kier molecular flexibility index (Phi) is 8.95. The molecule has 0 spiro atoms. The molecule has 0 unspecified atom stereocenters. The van der Waals surface area contributed by atoms with Crippen LogP contribution in [0, 0.1) is 5.92 Å². The Balaban J connectivity index is 1.37. The Morgan fingerprint density at radius 1 is 1.03 bits per heavy atom. The van der Waals surface area contributed by atoms with Gasteiger partial charge in [0.1, 0.15) is 5.56 Å². The molecule has 0 radical (unpaired) electrons. The predicted octanol–water partition coefficient (Wildman–Crippen LogP) is 3.75. The van der Waals surface area contributed by atoms with E-state index in [4.69, 9.17) is 0 Å². The largest absolute Gasteiger partial charge is 0.355 e. The third-order valence-corrected chi connectivity index (χ3v) is 6.98. The topological polar surface area (TPSA) is 75.4 Å². The van der Waals surface area contributed by atoms with Crippen molar-refractivity contribution < 1.29 is 9.59 Å². The number of rotatable bonds is 11. The predicted molar refractivity (Wildman–Crippen MR) is 142 cm³/mol. The van der Waals surface area contributed by atoms with Crippen LogP contribution < -0.4 is 5.32 Å². The lowest BCUT2D eigenvalue weighted by Crippen LogP contribution is -2.44. The highest BCUT2D eigenvalue weighted by Crippen LogP contribution is 2.24. The fourth-order valence-electron chi connectivity index (χ4n) is 4.78. The molecular weight excluding hydrogens is 452 g/mol. The molecule has 0 aliphatic carbocycles. The molecule has 1 aromatic carbocycles. The van der Waals surface area contributed by atoms with Crippen LogP contribution in [-0.4, -0.2) is 75.2 Å². The van der Waals surface area contributed by atoms with Crippen LogP contribution in [-0.2, 0) is 4.79 Å². The summed E-state index contributed by atoms with van der Waals surface area (Å²) >= 11 is 0. The zero-order valence-electron chi connectivity index (χ0n) is 21.5. The number of amides is 2. The standard InChI is InChI=1S/C28H38N6O2/c1-3-5-16-31(4-2)21-15-29-26(35)23-13-19-33(20-14-23)28(36)25-22-30-34(24-11-7-6-8-12-24)27(25)32-17-9-10-18-32/h6-12,17-18,22-23H,3-5,13-16,19-21H2,1-2H3,(H,29,35). The lowest BCUT2D eigenvalue weighted by atomic mass is 9.95. The molecule has 3 aromatic rings. The molecule has 0 saturated carbocycles. The summed E-state index contributed by atoms with van der Waals surface area (Å²) < 4.78 is 3.72. The Labute approximate surface area is 213 Å². The van der Waals surface area contributed by atoms with Gasteiger partial charge in [0.15, 0.2) is 5.82 Å². The number of likely N-dealkylation sites (N-methyl/N-ethyl adjacent to an activating group) is 1. The van der Waals surface area contributed by atoms with Gasteiger partial charge < -0.3 is 19.7 Å². The molecule has 36 heavy (non-hydrogen) atoms. The lowest BCUT2D eigenvalue weighted by Gasteiger charge is -2.31. The van der Waals surface area contributed by atoms with E-state index in [2.05, 4.69) is 29.2 Å². The maximum Gasteiger partial charge on any atom is 0.259 e. The quantitative estimate of drug-likeness (QED) is 0.444. The molecule has 192 valence electrons. The SMILES string of the molecule is CCCCN(CC)CCNC(=O)C1CCN(C(=O)c2cnn(-c3ccccc3)c2-n2cccc2)CC1. The van der Waals surface area contributed by atoms with E-state index in [1.54, 1.807) is 10.9 Å². The second kappa shape index (κ2) is 12.5. The van der Waals surface area contributed by atoms with E-state index in [9.17, 15) is 9.59 Å². The minimum atomic E-state index is -0.0470. The molecule has 0 bridgehead atoms. The number of hydrogen-bond donors (Lipinski definition) is 1. The molecule has 1 aliphatic heterocycles. The normalized spacial score (nSPS) is 14.4. The Morgan fingerprint density at radius 2 is 1.75 bits per heavy atom. The number of aromatic nitrogens is 3. The monoisotopic (exact) mass is 490 g/mol. The van der Waals surface area contributed by atoms with Crippen LogP contribution >= 0.6 is 0 Å². The molecule has 0 atom stereocenters. The van der Waals surface area contributed by atoms with Crippen LogP contribution in [0.1, 0.15) is 49.9 Å². The van der Waals surface area contributed by atoms with Crippen molar-refractivity contribution in [3.05, 3.63) is 66.6 Å². The summed E-state index contributed by atoms with van der Waals surface area (Å²) in [6.07, 6.45) is 9.22. The second-order valence-corrected chi connectivity index (χ2v) is 9.36.